The highest BCUT2D eigenvalue weighted by Gasteiger charge is 2.27. The minimum Gasteiger partial charge on any atom is -0.497 e. The van der Waals surface area contributed by atoms with Crippen molar-refractivity contribution in [3.63, 3.8) is 0 Å². The number of aromatic amines is 1. The molecule has 35 heavy (non-hydrogen) atoms. The van der Waals surface area contributed by atoms with Crippen molar-refractivity contribution in [1.29, 1.82) is 0 Å². The number of nitrogens with one attached hydrogen (secondary N) is 1. The van der Waals surface area contributed by atoms with Crippen LogP contribution in [0.3, 0.4) is 0 Å². The highest BCUT2D eigenvalue weighted by molar-refractivity contribution is 6.05. The van der Waals surface area contributed by atoms with Crippen LogP contribution in [0.25, 0.3) is 22.0 Å². The van der Waals surface area contributed by atoms with Crippen LogP contribution in [-0.2, 0) is 13.1 Å². The number of likely N-dealkylation sites (N-methyl/N-ethyl adjacent to an activating group) is 1. The van der Waals surface area contributed by atoms with Crippen LogP contribution in [0.5, 0.6) is 5.75 Å². The molecular formula is C27H32N6O2. The molecule has 4 aromatic rings. The Labute approximate surface area is 205 Å². The van der Waals surface area contributed by atoms with Gasteiger partial charge >= 0.3 is 0 Å². The molecule has 182 valence electrons. The average Bonchev–Trinajstić information content (AvgIpc) is 3.37. The molecule has 1 N–H and O–H groups in total. The third-order valence-electron chi connectivity index (χ3n) is 6.53. The number of amides is 1. The zero-order chi connectivity index (χ0) is 24.4. The number of carbonyl (C=O) groups is 1. The minimum atomic E-state index is -0.0507. The summed E-state index contributed by atoms with van der Waals surface area (Å²) in [6.45, 7) is 2.70. The van der Waals surface area contributed by atoms with Gasteiger partial charge in [0, 0.05) is 43.3 Å². The number of aromatic nitrogens is 4. The SMILES string of the molecule is COc1cccc(CN(CCN(C)C)C(=O)c2nn(CC3CC3)c3cc(-c4cn[nH]c4)ccc23)c1. The van der Waals surface area contributed by atoms with Gasteiger partial charge in [0.25, 0.3) is 5.91 Å². The molecule has 0 bridgehead atoms. The Morgan fingerprint density at radius 3 is 2.71 bits per heavy atom. The van der Waals surface area contributed by atoms with E-state index < -0.39 is 0 Å². The van der Waals surface area contributed by atoms with Crippen LogP contribution in [0.2, 0.25) is 0 Å². The molecule has 1 fully saturated rings. The maximum Gasteiger partial charge on any atom is 0.275 e. The Kier molecular flexibility index (Phi) is 6.55. The number of benzene rings is 2. The molecule has 1 amide bonds. The molecular weight excluding hydrogens is 440 g/mol. The number of ether oxygens (including phenoxy) is 1. The number of nitrogens with zero attached hydrogens (tertiary/aromatic N) is 5. The maximum absolute atomic E-state index is 13.9. The highest BCUT2D eigenvalue weighted by Crippen LogP contribution is 2.33. The first-order valence-electron chi connectivity index (χ1n) is 12.1. The first-order valence-corrected chi connectivity index (χ1v) is 12.1. The predicted octanol–water partition coefficient (Wildman–Crippen LogP) is 4.05. The van der Waals surface area contributed by atoms with Gasteiger partial charge in [-0.25, -0.2) is 0 Å². The molecule has 0 unspecified atom stereocenters. The van der Waals surface area contributed by atoms with Crippen LogP contribution in [0.15, 0.2) is 54.9 Å². The smallest absolute Gasteiger partial charge is 0.275 e. The normalized spacial score (nSPS) is 13.5. The first-order chi connectivity index (χ1) is 17.0. The molecule has 8 nitrogen and oxygen atoms in total. The molecule has 1 aliphatic rings. The van der Waals surface area contributed by atoms with E-state index in [0.29, 0.717) is 24.7 Å². The van der Waals surface area contributed by atoms with Crippen molar-refractivity contribution in [1.82, 2.24) is 29.8 Å². The third-order valence-corrected chi connectivity index (χ3v) is 6.53. The van der Waals surface area contributed by atoms with E-state index in [1.54, 1.807) is 7.11 Å². The van der Waals surface area contributed by atoms with Crippen molar-refractivity contribution < 1.29 is 9.53 Å². The number of hydrogen-bond acceptors (Lipinski definition) is 5. The number of hydrogen-bond donors (Lipinski definition) is 1. The van der Waals surface area contributed by atoms with E-state index in [0.717, 1.165) is 46.4 Å². The maximum atomic E-state index is 13.9. The number of rotatable bonds is 10. The van der Waals surface area contributed by atoms with E-state index in [2.05, 4.69) is 21.2 Å². The highest BCUT2D eigenvalue weighted by atomic mass is 16.5. The van der Waals surface area contributed by atoms with Gasteiger partial charge < -0.3 is 14.5 Å². The Bertz CT molecular complexity index is 1310. The van der Waals surface area contributed by atoms with E-state index in [4.69, 9.17) is 9.84 Å². The lowest BCUT2D eigenvalue weighted by atomic mass is 10.1. The summed E-state index contributed by atoms with van der Waals surface area (Å²) in [5.74, 6) is 1.37. The number of methoxy groups -OCH3 is 1. The van der Waals surface area contributed by atoms with Crippen LogP contribution < -0.4 is 4.74 Å². The third kappa shape index (κ3) is 5.22. The molecule has 2 aromatic carbocycles. The molecule has 0 spiro atoms. The summed E-state index contributed by atoms with van der Waals surface area (Å²) in [7, 11) is 5.70. The van der Waals surface area contributed by atoms with Gasteiger partial charge in [0.1, 0.15) is 5.75 Å². The summed E-state index contributed by atoms with van der Waals surface area (Å²) >= 11 is 0. The summed E-state index contributed by atoms with van der Waals surface area (Å²) < 4.78 is 7.42. The van der Waals surface area contributed by atoms with E-state index in [1.165, 1.54) is 12.8 Å². The fourth-order valence-corrected chi connectivity index (χ4v) is 4.32. The molecule has 8 heteroatoms. The molecule has 0 saturated heterocycles. The van der Waals surface area contributed by atoms with E-state index in [9.17, 15) is 4.79 Å². The largest absolute Gasteiger partial charge is 0.497 e. The van der Waals surface area contributed by atoms with Gasteiger partial charge in [0.15, 0.2) is 5.69 Å². The van der Waals surface area contributed by atoms with Crippen molar-refractivity contribution in [2.24, 2.45) is 5.92 Å². The van der Waals surface area contributed by atoms with Gasteiger partial charge in [-0.15, -0.1) is 0 Å². The molecule has 0 radical (unpaired) electrons. The zero-order valence-electron chi connectivity index (χ0n) is 20.6. The number of carbonyl (C=O) groups excluding carboxylic acids is 1. The second-order valence-electron chi connectivity index (χ2n) is 9.57. The molecule has 1 aliphatic carbocycles. The standard InChI is InChI=1S/C27H32N6O2/c1-31(2)11-12-32(17-20-5-4-6-23(13-20)35-3)27(34)26-24-10-9-21(22-15-28-29-16-22)14-25(24)33(30-26)18-19-7-8-19/h4-6,9-10,13-16,19H,7-8,11-12,17-18H2,1-3H3,(H,28,29). The fraction of sp³-hybridized carbons (Fsp3) is 0.370. The van der Waals surface area contributed by atoms with Gasteiger partial charge in [-0.1, -0.05) is 18.2 Å². The Balaban J connectivity index is 1.51. The summed E-state index contributed by atoms with van der Waals surface area (Å²) in [6, 6.07) is 14.1. The molecule has 1 saturated carbocycles. The lowest BCUT2D eigenvalue weighted by Gasteiger charge is -2.24. The number of fused-ring (bicyclic) bond motifs is 1. The topological polar surface area (TPSA) is 79.3 Å². The van der Waals surface area contributed by atoms with Crippen LogP contribution in [0, 0.1) is 5.92 Å². The zero-order valence-corrected chi connectivity index (χ0v) is 20.6. The summed E-state index contributed by atoms with van der Waals surface area (Å²) in [5, 5.41) is 12.7. The van der Waals surface area contributed by atoms with Gasteiger partial charge in [0.05, 0.1) is 18.8 Å². The summed E-state index contributed by atoms with van der Waals surface area (Å²) in [4.78, 5) is 17.9. The molecule has 0 atom stereocenters. The molecule has 0 aliphatic heterocycles. The van der Waals surface area contributed by atoms with E-state index in [1.807, 2.05) is 72.5 Å². The first kappa shape index (κ1) is 23.1. The van der Waals surface area contributed by atoms with Gasteiger partial charge in [-0.2, -0.15) is 10.2 Å². The number of H-pyrrole nitrogens is 1. The van der Waals surface area contributed by atoms with Crippen LogP contribution >= 0.6 is 0 Å². The monoisotopic (exact) mass is 472 g/mol. The second kappa shape index (κ2) is 9.92. The molecule has 5 rings (SSSR count). The van der Waals surface area contributed by atoms with E-state index in [-0.39, 0.29) is 5.91 Å². The van der Waals surface area contributed by atoms with Crippen LogP contribution in [0.1, 0.15) is 28.9 Å². The lowest BCUT2D eigenvalue weighted by molar-refractivity contribution is 0.0726. The van der Waals surface area contributed by atoms with Crippen molar-refractivity contribution in [3.05, 3.63) is 66.1 Å². The van der Waals surface area contributed by atoms with Crippen LogP contribution in [-0.4, -0.2) is 70.0 Å². The minimum absolute atomic E-state index is 0.0507. The summed E-state index contributed by atoms with van der Waals surface area (Å²) in [6.07, 6.45) is 6.13. The van der Waals surface area contributed by atoms with Gasteiger partial charge in [-0.3, -0.25) is 14.6 Å². The Morgan fingerprint density at radius 2 is 2.00 bits per heavy atom. The Morgan fingerprint density at radius 1 is 1.14 bits per heavy atom. The van der Waals surface area contributed by atoms with E-state index >= 15 is 0 Å². The molecule has 2 aromatic heterocycles. The molecule has 2 heterocycles. The lowest BCUT2D eigenvalue weighted by Crippen LogP contribution is -2.36. The van der Waals surface area contributed by atoms with Crippen molar-refractivity contribution in [3.8, 4) is 16.9 Å². The van der Waals surface area contributed by atoms with Gasteiger partial charge in [-0.05, 0) is 68.2 Å². The van der Waals surface area contributed by atoms with Crippen LogP contribution in [0.4, 0.5) is 0 Å². The van der Waals surface area contributed by atoms with Gasteiger partial charge in [0.2, 0.25) is 0 Å². The van der Waals surface area contributed by atoms with Crippen molar-refractivity contribution in [2.45, 2.75) is 25.9 Å². The predicted molar refractivity (Wildman–Crippen MR) is 136 cm³/mol. The quantitative estimate of drug-likeness (QED) is 0.377. The van der Waals surface area contributed by atoms with Crippen molar-refractivity contribution in [2.75, 3.05) is 34.3 Å². The summed E-state index contributed by atoms with van der Waals surface area (Å²) in [5.41, 5.74) is 4.61. The van der Waals surface area contributed by atoms with Crippen molar-refractivity contribution >= 4 is 16.8 Å². The Hall–Kier alpha value is -3.65. The fourth-order valence-electron chi connectivity index (χ4n) is 4.32. The second-order valence-corrected chi connectivity index (χ2v) is 9.57. The average molecular weight is 473 g/mol.